The molecule has 0 atom stereocenters. The second-order valence-electron chi connectivity index (χ2n) is 10.4. The van der Waals surface area contributed by atoms with E-state index in [-0.39, 0.29) is 32.7 Å². The summed E-state index contributed by atoms with van der Waals surface area (Å²) in [5.41, 5.74) is 2.58. The molecule has 8 aromatic carbocycles. The molecule has 0 spiro atoms. The van der Waals surface area contributed by atoms with Crippen LogP contribution in [0.1, 0.15) is 20.6 Å². The van der Waals surface area contributed by atoms with Gasteiger partial charge in [-0.15, -0.1) is 0 Å². The van der Waals surface area contributed by atoms with Crippen LogP contribution < -0.4 is 0 Å². The third-order valence-corrected chi connectivity index (χ3v) is 7.88. The number of hydrogen-bond donors (Lipinski definition) is 0. The minimum atomic E-state index is -0.738. The lowest BCUT2D eigenvalue weighted by molar-refractivity contribution is 1.10. The van der Waals surface area contributed by atoms with E-state index in [1.165, 1.54) is 0 Å². The number of rotatable bonds is 4. The lowest BCUT2D eigenvalue weighted by Gasteiger charge is -2.18. The van der Waals surface area contributed by atoms with Gasteiger partial charge in [0.1, 0.15) is 5.82 Å². The van der Waals surface area contributed by atoms with Crippen LogP contribution in [0.5, 0.6) is 0 Å². The quantitative estimate of drug-likeness (QED) is 0.187. The molecule has 1 aromatic heterocycles. The Morgan fingerprint density at radius 3 is 1.71 bits per heavy atom. The summed E-state index contributed by atoms with van der Waals surface area (Å²) in [5.74, 6) is 0.592. The van der Waals surface area contributed by atoms with Crippen molar-refractivity contribution in [1.29, 1.82) is 0 Å². The van der Waals surface area contributed by atoms with Crippen LogP contribution in [0.3, 0.4) is 0 Å². The first-order chi connectivity index (χ1) is 28.6. The van der Waals surface area contributed by atoms with Crippen molar-refractivity contribution >= 4 is 43.4 Å². The van der Waals surface area contributed by atoms with Crippen molar-refractivity contribution in [1.82, 2.24) is 9.55 Å². The van der Waals surface area contributed by atoms with Crippen molar-refractivity contribution < 1.29 is 20.6 Å². The molecule has 1 heterocycles. The van der Waals surface area contributed by atoms with E-state index >= 15 is 0 Å². The van der Waals surface area contributed by atoms with E-state index < -0.39 is 107 Å². The lowest BCUT2D eigenvalue weighted by Crippen LogP contribution is -1.97. The highest BCUT2D eigenvalue weighted by Crippen LogP contribution is 2.44. The molecule has 0 aliphatic carbocycles. The van der Waals surface area contributed by atoms with E-state index in [1.807, 2.05) is 59.2 Å². The van der Waals surface area contributed by atoms with Gasteiger partial charge in [-0.25, -0.2) is 4.98 Å². The van der Waals surface area contributed by atoms with Gasteiger partial charge in [0.05, 0.1) is 31.6 Å². The maximum absolute atomic E-state index is 9.41. The molecule has 0 bridgehead atoms. The fourth-order valence-corrected chi connectivity index (χ4v) is 5.91. The van der Waals surface area contributed by atoms with E-state index in [1.54, 1.807) is 24.3 Å². The number of benzene rings is 8. The largest absolute Gasteiger partial charge is 0.292 e. The molecule has 0 unspecified atom stereocenters. The molecule has 2 nitrogen and oxygen atoms in total. The van der Waals surface area contributed by atoms with Crippen LogP contribution in [-0.2, 0) is 0 Å². The summed E-state index contributed by atoms with van der Waals surface area (Å²) in [6, 6.07) is 14.1. The number of para-hydroxylation sites is 3. The summed E-state index contributed by atoms with van der Waals surface area (Å²) < 4.78 is 136. The third-order valence-electron chi connectivity index (χ3n) is 7.88. The summed E-state index contributed by atoms with van der Waals surface area (Å²) in [6.07, 6.45) is 0. The number of imidazole rings is 1. The zero-order valence-electron chi connectivity index (χ0n) is 38.4. The van der Waals surface area contributed by atoms with Gasteiger partial charge in [-0.05, 0) is 84.9 Å². The smallest absolute Gasteiger partial charge is 0.145 e. The first-order valence-electron chi connectivity index (χ1n) is 21.7. The lowest BCUT2D eigenvalue weighted by atomic mass is 9.85. The third kappa shape index (κ3) is 4.15. The summed E-state index contributed by atoms with van der Waals surface area (Å²) >= 11 is 0. The highest BCUT2D eigenvalue weighted by Gasteiger charge is 2.18. The average Bonchev–Trinajstić information content (AvgIpc) is 3.65. The Morgan fingerprint density at radius 1 is 0.467 bits per heavy atom. The van der Waals surface area contributed by atoms with Crippen molar-refractivity contribution in [3.8, 4) is 39.3 Å². The van der Waals surface area contributed by atoms with E-state index in [4.69, 9.17) is 17.3 Å². The van der Waals surface area contributed by atoms with Crippen LogP contribution in [0.4, 0.5) is 0 Å². The predicted molar refractivity (Wildman–Crippen MR) is 190 cm³/mol. The van der Waals surface area contributed by atoms with Gasteiger partial charge in [-0.2, -0.15) is 0 Å². The fraction of sp³-hybridized carbons (Fsp3) is 0. The van der Waals surface area contributed by atoms with E-state index in [0.29, 0.717) is 17.0 Å². The Labute approximate surface area is 282 Å². The van der Waals surface area contributed by atoms with Crippen molar-refractivity contribution in [2.45, 2.75) is 0 Å². The molecule has 0 aliphatic heterocycles. The van der Waals surface area contributed by atoms with Gasteiger partial charge >= 0.3 is 0 Å². The van der Waals surface area contributed by atoms with Gasteiger partial charge in [0.25, 0.3) is 0 Å². The summed E-state index contributed by atoms with van der Waals surface area (Å²) in [4.78, 5) is 4.93. The normalized spacial score (nSPS) is 16.2. The van der Waals surface area contributed by atoms with Crippen molar-refractivity contribution in [3.05, 3.63) is 169 Å². The number of aromatic nitrogens is 2. The second-order valence-corrected chi connectivity index (χ2v) is 10.4. The molecule has 0 N–H and O–H groups in total. The number of hydrogen-bond acceptors (Lipinski definition) is 1. The Kier molecular flexibility index (Phi) is 3.36. The first kappa shape index (κ1) is 14.7. The van der Waals surface area contributed by atoms with Crippen molar-refractivity contribution in [2.75, 3.05) is 0 Å². The molecule has 0 aliphatic rings. The molecule has 9 rings (SSSR count). The average molecular weight is 588 g/mol. The zero-order valence-corrected chi connectivity index (χ0v) is 23.4. The van der Waals surface area contributed by atoms with Crippen molar-refractivity contribution in [2.24, 2.45) is 0 Å². The minimum absolute atomic E-state index is 0.0257. The molecule has 0 radical (unpaired) electrons. The van der Waals surface area contributed by atoms with Gasteiger partial charge in [0.2, 0.25) is 0 Å². The molecular formula is C43H28N2. The molecule has 0 fully saturated rings. The SMILES string of the molecule is [2H]c1c([2H])c([2H])c2c([2H])c(-c3c4c([2H])c([2H])c([2H])c([2H])c4c(-c4ccc(-c5nc6ccccc6n5-c5ccccc5)cc4)c4c([2H])c([2H])c([2H])c([2H])c34)c([2H])c([2H])c2c1[2H]. The van der Waals surface area contributed by atoms with Crippen LogP contribution in [0.2, 0.25) is 0 Å². The molecule has 9 aromatic rings. The van der Waals surface area contributed by atoms with Crippen LogP contribution in [0, 0.1) is 0 Å². The van der Waals surface area contributed by atoms with Gasteiger partial charge in [0.15, 0.2) is 0 Å². The summed E-state index contributed by atoms with van der Waals surface area (Å²) in [6.45, 7) is 0. The Balaban J connectivity index is 1.45. The number of fused-ring (bicyclic) bond motifs is 4. The van der Waals surface area contributed by atoms with Crippen LogP contribution in [0.25, 0.3) is 82.7 Å². The molecule has 0 saturated carbocycles. The Hall–Kier alpha value is -5.99. The molecule has 2 heteroatoms. The number of nitrogens with zero attached hydrogens (tertiary/aromatic N) is 2. The predicted octanol–water partition coefficient (Wildman–Crippen LogP) is 11.5. The highest BCUT2D eigenvalue weighted by molar-refractivity contribution is 6.21. The van der Waals surface area contributed by atoms with Gasteiger partial charge in [-0.3, -0.25) is 4.57 Å². The molecule has 0 saturated heterocycles. The van der Waals surface area contributed by atoms with Crippen LogP contribution in [0.15, 0.2) is 169 Å². The fourth-order valence-electron chi connectivity index (χ4n) is 5.91. The van der Waals surface area contributed by atoms with E-state index in [0.717, 1.165) is 16.7 Å². The Bertz CT molecular complexity index is 3280. The summed E-state index contributed by atoms with van der Waals surface area (Å²) in [7, 11) is 0. The zero-order chi connectivity index (χ0) is 42.8. The minimum Gasteiger partial charge on any atom is -0.292 e. The topological polar surface area (TPSA) is 17.8 Å². The second kappa shape index (κ2) is 10.3. The van der Waals surface area contributed by atoms with Crippen LogP contribution in [-0.4, -0.2) is 9.55 Å². The monoisotopic (exact) mass is 587 g/mol. The van der Waals surface area contributed by atoms with Crippen molar-refractivity contribution in [3.63, 3.8) is 0 Å². The molecule has 0 amide bonds. The first-order valence-corrected chi connectivity index (χ1v) is 14.2. The standard InChI is InChI=1S/C43H28N2/c1-2-14-34(15-3-1)45-40-21-11-10-20-39(40)44-43(45)31-25-23-30(24-26-31)41-35-16-6-8-18-37(35)42(38-19-9-7-17-36(38)41)33-27-22-29-12-4-5-13-32(29)28-33/h1-28H/i4D,5D,6D,7D,8D,9D,12D,13D,16D,17D,18D,19D,22D,27D,28D. The Morgan fingerprint density at radius 2 is 1.02 bits per heavy atom. The van der Waals surface area contributed by atoms with E-state index in [9.17, 15) is 8.22 Å². The summed E-state index contributed by atoms with van der Waals surface area (Å²) in [5, 5.41) is -1.80. The van der Waals surface area contributed by atoms with Crippen LogP contribution >= 0.6 is 0 Å². The highest BCUT2D eigenvalue weighted by atomic mass is 15.1. The van der Waals surface area contributed by atoms with E-state index in [2.05, 4.69) is 0 Å². The maximum atomic E-state index is 9.41. The van der Waals surface area contributed by atoms with Gasteiger partial charge in [-0.1, -0.05) is 139 Å². The van der Waals surface area contributed by atoms with Gasteiger partial charge < -0.3 is 0 Å². The molecule has 45 heavy (non-hydrogen) atoms. The molecule has 210 valence electrons. The molecular weight excluding hydrogens is 544 g/mol. The maximum Gasteiger partial charge on any atom is 0.145 e. The van der Waals surface area contributed by atoms with Gasteiger partial charge in [0, 0.05) is 11.3 Å².